The van der Waals surface area contributed by atoms with E-state index in [0.29, 0.717) is 5.56 Å². The Labute approximate surface area is 170 Å². The minimum atomic E-state index is -0.948. The number of aryl methyl sites for hydroxylation is 4. The van der Waals surface area contributed by atoms with Gasteiger partial charge in [-0.3, -0.25) is 9.48 Å². The minimum absolute atomic E-state index is 0.206. The van der Waals surface area contributed by atoms with E-state index in [1.54, 1.807) is 10.7 Å². The van der Waals surface area contributed by atoms with Gasteiger partial charge in [-0.05, 0) is 38.5 Å². The smallest absolute Gasteiger partial charge is 0.251 e. The van der Waals surface area contributed by atoms with Crippen molar-refractivity contribution in [3.8, 4) is 0 Å². The van der Waals surface area contributed by atoms with Crippen molar-refractivity contribution in [2.75, 3.05) is 5.32 Å². The number of aromatic nitrogens is 2. The zero-order valence-electron chi connectivity index (χ0n) is 17.1. The third kappa shape index (κ3) is 3.51. The van der Waals surface area contributed by atoms with E-state index in [0.717, 1.165) is 33.8 Å². The van der Waals surface area contributed by atoms with E-state index in [4.69, 9.17) is 0 Å². The molecule has 6 heteroatoms. The number of amides is 1. The molecule has 29 heavy (non-hydrogen) atoms. The maximum absolute atomic E-state index is 13.0. The lowest BCUT2D eigenvalue weighted by atomic mass is 9.81. The van der Waals surface area contributed by atoms with E-state index < -0.39 is 12.3 Å². The molecule has 0 fully saturated rings. The molecule has 3 atom stereocenters. The van der Waals surface area contributed by atoms with Crippen LogP contribution >= 0.6 is 0 Å². The van der Waals surface area contributed by atoms with Crippen LogP contribution in [0.5, 0.6) is 0 Å². The molecule has 1 unspecified atom stereocenters. The predicted octanol–water partition coefficient (Wildman–Crippen LogP) is 3.02. The molecule has 3 N–H and O–H groups in total. The van der Waals surface area contributed by atoms with Crippen LogP contribution in [-0.2, 0) is 7.05 Å². The number of hydrogen-bond acceptors (Lipinski definition) is 4. The van der Waals surface area contributed by atoms with Gasteiger partial charge in [-0.15, -0.1) is 0 Å². The van der Waals surface area contributed by atoms with Crippen molar-refractivity contribution < 1.29 is 9.90 Å². The molecule has 3 aromatic rings. The van der Waals surface area contributed by atoms with Gasteiger partial charge in [0.05, 0.1) is 11.7 Å². The van der Waals surface area contributed by atoms with Crippen LogP contribution in [0.2, 0.25) is 0 Å². The Bertz CT molecular complexity index is 1070. The molecule has 0 bridgehead atoms. The first-order chi connectivity index (χ1) is 13.8. The van der Waals surface area contributed by atoms with Gasteiger partial charge in [-0.1, -0.05) is 47.5 Å². The first kappa shape index (κ1) is 19.2. The highest BCUT2D eigenvalue weighted by Crippen LogP contribution is 2.40. The van der Waals surface area contributed by atoms with Gasteiger partial charge < -0.3 is 15.7 Å². The van der Waals surface area contributed by atoms with Crippen molar-refractivity contribution in [1.82, 2.24) is 15.1 Å². The molecule has 1 aliphatic heterocycles. The molecule has 1 aromatic heterocycles. The number of aliphatic hydroxyl groups is 1. The molecular weight excluding hydrogens is 364 g/mol. The highest BCUT2D eigenvalue weighted by Gasteiger charge is 2.41. The average molecular weight is 390 g/mol. The summed E-state index contributed by atoms with van der Waals surface area (Å²) in [6.45, 7) is 5.95. The second-order valence-corrected chi connectivity index (χ2v) is 7.82. The average Bonchev–Trinajstić information content (AvgIpc) is 2.95. The number of carbonyl (C=O) groups excluding carboxylic acids is 1. The fourth-order valence-electron chi connectivity index (χ4n) is 4.23. The van der Waals surface area contributed by atoms with Crippen LogP contribution in [0, 0.1) is 20.8 Å². The van der Waals surface area contributed by atoms with Gasteiger partial charge in [0.15, 0.2) is 0 Å². The lowest BCUT2D eigenvalue weighted by Crippen LogP contribution is -2.53. The van der Waals surface area contributed by atoms with Gasteiger partial charge in [-0.2, -0.15) is 5.10 Å². The number of nitrogens with one attached hydrogen (secondary N) is 2. The van der Waals surface area contributed by atoms with Gasteiger partial charge in [0.1, 0.15) is 12.0 Å². The highest BCUT2D eigenvalue weighted by atomic mass is 16.3. The summed E-state index contributed by atoms with van der Waals surface area (Å²) < 4.78 is 1.75. The van der Waals surface area contributed by atoms with Gasteiger partial charge in [0.25, 0.3) is 5.91 Å². The summed E-state index contributed by atoms with van der Waals surface area (Å²) in [5.41, 5.74) is 5.63. The summed E-state index contributed by atoms with van der Waals surface area (Å²) in [4.78, 5) is 13.0. The number of anilines is 1. The molecule has 1 amide bonds. The molecule has 0 aliphatic carbocycles. The third-order valence-electron chi connectivity index (χ3n) is 5.54. The maximum Gasteiger partial charge on any atom is 0.251 e. The van der Waals surface area contributed by atoms with Crippen LogP contribution in [0.3, 0.4) is 0 Å². The molecule has 0 radical (unpaired) electrons. The summed E-state index contributed by atoms with van der Waals surface area (Å²) in [7, 11) is 1.85. The van der Waals surface area contributed by atoms with Crippen LogP contribution in [0.15, 0.2) is 48.5 Å². The number of carbonyl (C=O) groups is 1. The fraction of sp³-hybridized carbons (Fsp3) is 0.304. The lowest BCUT2D eigenvalue weighted by molar-refractivity contribution is 0.0843. The van der Waals surface area contributed by atoms with E-state index in [1.807, 2.05) is 64.2 Å². The summed E-state index contributed by atoms with van der Waals surface area (Å²) in [5, 5.41) is 21.7. The Hall–Kier alpha value is -3.12. The minimum Gasteiger partial charge on any atom is -0.372 e. The van der Waals surface area contributed by atoms with Crippen LogP contribution < -0.4 is 10.6 Å². The number of nitrogens with zero attached hydrogens (tertiary/aromatic N) is 2. The van der Waals surface area contributed by atoms with Gasteiger partial charge >= 0.3 is 0 Å². The van der Waals surface area contributed by atoms with E-state index in [9.17, 15) is 9.90 Å². The predicted molar refractivity (Wildman–Crippen MR) is 113 cm³/mol. The molecule has 2 heterocycles. The summed E-state index contributed by atoms with van der Waals surface area (Å²) >= 11 is 0. The Balaban J connectivity index is 1.78. The molecular formula is C23H26N4O2. The van der Waals surface area contributed by atoms with Crippen LogP contribution in [-0.4, -0.2) is 33.1 Å². The second kappa shape index (κ2) is 7.37. The van der Waals surface area contributed by atoms with Gasteiger partial charge in [0.2, 0.25) is 0 Å². The number of aliphatic hydroxyl groups excluding tert-OH is 1. The van der Waals surface area contributed by atoms with E-state index in [2.05, 4.69) is 21.8 Å². The van der Waals surface area contributed by atoms with Crippen LogP contribution in [0.4, 0.5) is 5.82 Å². The molecule has 6 nitrogen and oxygen atoms in total. The summed E-state index contributed by atoms with van der Waals surface area (Å²) in [6.07, 6.45) is -0.948. The first-order valence-electron chi connectivity index (χ1n) is 9.77. The second-order valence-electron chi connectivity index (χ2n) is 7.82. The SMILES string of the molecule is Cc1cccc(C(=O)N[C@@H]2C(O)Nc3c(c(C)nn3C)[C@H]2c2cccc(C)c2)c1. The normalized spacial score (nSPS) is 20.7. The third-order valence-corrected chi connectivity index (χ3v) is 5.54. The molecule has 1 aliphatic rings. The molecule has 0 spiro atoms. The molecule has 0 saturated carbocycles. The molecule has 0 saturated heterocycles. The van der Waals surface area contributed by atoms with Crippen molar-refractivity contribution >= 4 is 11.7 Å². The zero-order valence-corrected chi connectivity index (χ0v) is 17.1. The Kier molecular flexibility index (Phi) is 4.88. The topological polar surface area (TPSA) is 79.2 Å². The Morgan fingerprint density at radius 1 is 1.10 bits per heavy atom. The molecule has 150 valence electrons. The zero-order chi connectivity index (χ0) is 20.7. The summed E-state index contributed by atoms with van der Waals surface area (Å²) in [6, 6.07) is 15.1. The van der Waals surface area contributed by atoms with Crippen molar-refractivity contribution in [3.05, 3.63) is 82.0 Å². The van der Waals surface area contributed by atoms with E-state index in [1.165, 1.54) is 0 Å². The highest BCUT2D eigenvalue weighted by molar-refractivity contribution is 5.94. The van der Waals surface area contributed by atoms with Gasteiger partial charge in [-0.25, -0.2) is 0 Å². The van der Waals surface area contributed by atoms with Crippen molar-refractivity contribution in [3.63, 3.8) is 0 Å². The number of hydrogen-bond donors (Lipinski definition) is 3. The summed E-state index contributed by atoms with van der Waals surface area (Å²) in [5.74, 6) is 0.355. The maximum atomic E-state index is 13.0. The van der Waals surface area contributed by atoms with Crippen molar-refractivity contribution in [2.24, 2.45) is 7.05 Å². The monoisotopic (exact) mass is 390 g/mol. The first-order valence-corrected chi connectivity index (χ1v) is 9.77. The number of benzene rings is 2. The van der Waals surface area contributed by atoms with Gasteiger partial charge in [0, 0.05) is 24.1 Å². The van der Waals surface area contributed by atoms with Crippen molar-refractivity contribution in [2.45, 2.75) is 39.0 Å². The van der Waals surface area contributed by atoms with Crippen LogP contribution in [0.25, 0.3) is 0 Å². The fourth-order valence-corrected chi connectivity index (χ4v) is 4.23. The molecule has 4 rings (SSSR count). The Morgan fingerprint density at radius 2 is 1.79 bits per heavy atom. The quantitative estimate of drug-likeness (QED) is 0.642. The van der Waals surface area contributed by atoms with E-state index >= 15 is 0 Å². The Morgan fingerprint density at radius 3 is 2.48 bits per heavy atom. The largest absolute Gasteiger partial charge is 0.372 e. The standard InChI is InChI=1S/C23H26N4O2/c1-13-7-5-9-16(11-13)19-18-15(3)26-27(4)21(18)25-23(29)20(19)24-22(28)17-10-6-8-14(2)12-17/h5-12,19-20,23,25,29H,1-4H3,(H,24,28)/t19-,20+,23?/m1/s1. The van der Waals surface area contributed by atoms with Crippen LogP contribution in [0.1, 0.15) is 44.2 Å². The lowest BCUT2D eigenvalue weighted by Gasteiger charge is -2.37. The molecule has 2 aromatic carbocycles. The number of fused-ring (bicyclic) bond motifs is 1. The van der Waals surface area contributed by atoms with Crippen molar-refractivity contribution in [1.29, 1.82) is 0 Å². The number of rotatable bonds is 3. The van der Waals surface area contributed by atoms with E-state index in [-0.39, 0.29) is 11.8 Å².